The van der Waals surface area contributed by atoms with Crippen molar-refractivity contribution in [3.8, 4) is 5.75 Å². The van der Waals surface area contributed by atoms with Crippen LogP contribution in [0.4, 0.5) is 11.4 Å². The number of nitro groups is 1. The maximum absolute atomic E-state index is 13.6. The lowest BCUT2D eigenvalue weighted by molar-refractivity contribution is -0.384. The van der Waals surface area contributed by atoms with Crippen LogP contribution in [0, 0.1) is 16.0 Å². The van der Waals surface area contributed by atoms with Crippen molar-refractivity contribution >= 4 is 28.8 Å². The van der Waals surface area contributed by atoms with Gasteiger partial charge in [-0.3, -0.25) is 19.7 Å². The van der Waals surface area contributed by atoms with E-state index in [1.54, 1.807) is 24.3 Å². The second-order valence-electron chi connectivity index (χ2n) is 8.80. The van der Waals surface area contributed by atoms with Crippen molar-refractivity contribution in [1.82, 2.24) is 4.90 Å². The summed E-state index contributed by atoms with van der Waals surface area (Å²) in [6.07, 6.45) is 1.87. The van der Waals surface area contributed by atoms with E-state index in [4.69, 9.17) is 4.74 Å². The van der Waals surface area contributed by atoms with Gasteiger partial charge in [0.25, 0.3) is 17.5 Å². The average Bonchev–Trinajstić information content (AvgIpc) is 3.04. The first kappa shape index (κ1) is 22.5. The molecule has 0 atom stereocenters. The molecule has 172 valence electrons. The normalized spacial score (nSPS) is 17.3. The van der Waals surface area contributed by atoms with E-state index in [9.17, 15) is 19.7 Å². The number of ether oxygens (including phenoxy) is 1. The lowest BCUT2D eigenvalue weighted by Gasteiger charge is -2.32. The molecule has 1 saturated heterocycles. The number of piperidine rings is 1. The van der Waals surface area contributed by atoms with Gasteiger partial charge in [0.15, 0.2) is 0 Å². The predicted molar refractivity (Wildman–Crippen MR) is 125 cm³/mol. The molecule has 2 aromatic carbocycles. The summed E-state index contributed by atoms with van der Waals surface area (Å²) >= 11 is 0. The van der Waals surface area contributed by atoms with Gasteiger partial charge in [-0.1, -0.05) is 6.92 Å². The summed E-state index contributed by atoms with van der Waals surface area (Å²) < 4.78 is 5.67. The molecule has 2 aliphatic heterocycles. The van der Waals surface area contributed by atoms with Gasteiger partial charge < -0.3 is 9.64 Å². The number of hydrogen-bond acceptors (Lipinski definition) is 6. The maximum Gasteiger partial charge on any atom is 0.282 e. The summed E-state index contributed by atoms with van der Waals surface area (Å²) in [6.45, 7) is 7.39. The molecule has 0 N–H and O–H groups in total. The first-order valence-electron chi connectivity index (χ1n) is 11.2. The van der Waals surface area contributed by atoms with Crippen LogP contribution in [0.1, 0.15) is 39.2 Å². The molecule has 0 unspecified atom stereocenters. The first-order chi connectivity index (χ1) is 15.8. The minimum atomic E-state index is -0.486. The lowest BCUT2D eigenvalue weighted by Crippen LogP contribution is -2.38. The highest BCUT2D eigenvalue weighted by Gasteiger charge is 2.43. The Morgan fingerprint density at radius 2 is 1.58 bits per heavy atom. The number of anilines is 1. The van der Waals surface area contributed by atoms with E-state index < -0.39 is 10.8 Å². The number of benzene rings is 2. The summed E-state index contributed by atoms with van der Waals surface area (Å²) in [4.78, 5) is 40.9. The highest BCUT2D eigenvalue weighted by atomic mass is 16.6. The van der Waals surface area contributed by atoms with Gasteiger partial charge in [0.2, 0.25) is 0 Å². The molecular formula is C25H27N3O5. The molecule has 33 heavy (non-hydrogen) atoms. The van der Waals surface area contributed by atoms with Crippen molar-refractivity contribution < 1.29 is 19.2 Å². The summed E-state index contributed by atoms with van der Waals surface area (Å²) in [5.74, 6) is 0.406. The molecule has 0 radical (unpaired) electrons. The van der Waals surface area contributed by atoms with Crippen molar-refractivity contribution in [3.63, 3.8) is 0 Å². The van der Waals surface area contributed by atoms with Crippen LogP contribution in [0.3, 0.4) is 0 Å². The van der Waals surface area contributed by atoms with Crippen molar-refractivity contribution in [3.05, 3.63) is 69.9 Å². The average molecular weight is 450 g/mol. The first-order valence-corrected chi connectivity index (χ1v) is 11.2. The molecule has 0 bridgehead atoms. The third kappa shape index (κ3) is 4.46. The predicted octanol–water partition coefficient (Wildman–Crippen LogP) is 4.40. The fraction of sp³-hybridized carbons (Fsp3) is 0.360. The second kappa shape index (κ2) is 9.05. The second-order valence-corrected chi connectivity index (χ2v) is 8.80. The van der Waals surface area contributed by atoms with Crippen molar-refractivity contribution in [2.45, 2.75) is 39.7 Å². The summed E-state index contributed by atoms with van der Waals surface area (Å²) in [6, 6.07) is 12.7. The number of nitro benzene ring substituents is 1. The van der Waals surface area contributed by atoms with Gasteiger partial charge in [0.05, 0.1) is 22.3 Å². The highest BCUT2D eigenvalue weighted by molar-refractivity contribution is 6.45. The molecule has 0 aromatic heterocycles. The van der Waals surface area contributed by atoms with Crippen LogP contribution in [-0.4, -0.2) is 40.8 Å². The van der Waals surface area contributed by atoms with Crippen LogP contribution in [0.5, 0.6) is 5.75 Å². The Labute approximate surface area is 192 Å². The highest BCUT2D eigenvalue weighted by Crippen LogP contribution is 2.37. The molecule has 0 saturated carbocycles. The Balaban J connectivity index is 1.73. The summed E-state index contributed by atoms with van der Waals surface area (Å²) in [7, 11) is 0. The third-order valence-electron chi connectivity index (χ3n) is 5.99. The van der Waals surface area contributed by atoms with E-state index in [0.717, 1.165) is 12.8 Å². The van der Waals surface area contributed by atoms with Crippen LogP contribution >= 0.6 is 0 Å². The Bertz CT molecular complexity index is 1100. The van der Waals surface area contributed by atoms with E-state index in [2.05, 4.69) is 6.92 Å². The number of carbonyl (C=O) groups excluding carboxylic acids is 2. The van der Waals surface area contributed by atoms with E-state index in [1.807, 2.05) is 18.7 Å². The zero-order valence-electron chi connectivity index (χ0n) is 19.0. The van der Waals surface area contributed by atoms with Crippen molar-refractivity contribution in [2.24, 2.45) is 5.92 Å². The van der Waals surface area contributed by atoms with Gasteiger partial charge in [-0.25, -0.2) is 4.90 Å². The number of rotatable bonds is 6. The summed E-state index contributed by atoms with van der Waals surface area (Å²) in [5.41, 5.74) is 1.54. The lowest BCUT2D eigenvalue weighted by atomic mass is 9.97. The Hall–Kier alpha value is -3.68. The Morgan fingerprint density at radius 1 is 0.970 bits per heavy atom. The number of non-ortho nitro benzene ring substituents is 1. The van der Waals surface area contributed by atoms with E-state index >= 15 is 0 Å². The van der Waals surface area contributed by atoms with Gasteiger partial charge in [0, 0.05) is 25.2 Å². The molecule has 0 spiro atoms. The largest absolute Gasteiger partial charge is 0.491 e. The molecular weight excluding hydrogens is 422 g/mol. The number of carbonyl (C=O) groups is 2. The van der Waals surface area contributed by atoms with Crippen LogP contribution in [0.2, 0.25) is 0 Å². The van der Waals surface area contributed by atoms with E-state index in [-0.39, 0.29) is 23.3 Å². The molecule has 4 rings (SSSR count). The molecule has 1 fully saturated rings. The quantitative estimate of drug-likeness (QED) is 0.369. The third-order valence-corrected chi connectivity index (χ3v) is 5.99. The Kier molecular flexibility index (Phi) is 6.18. The van der Waals surface area contributed by atoms with Crippen LogP contribution < -0.4 is 9.64 Å². The van der Waals surface area contributed by atoms with Crippen LogP contribution in [0.15, 0.2) is 54.2 Å². The van der Waals surface area contributed by atoms with Crippen molar-refractivity contribution in [2.75, 3.05) is 18.0 Å². The molecule has 2 heterocycles. The fourth-order valence-corrected chi connectivity index (χ4v) is 4.23. The number of imide groups is 1. The van der Waals surface area contributed by atoms with Gasteiger partial charge in [0.1, 0.15) is 11.4 Å². The van der Waals surface area contributed by atoms with Gasteiger partial charge >= 0.3 is 0 Å². The SMILES string of the molecule is CC1CCN(C2=C(c3ccc([N+](=O)[O-])cc3)C(=O)N(c3ccc(OC(C)C)cc3)C2=O)CC1. The maximum atomic E-state index is 13.6. The molecule has 2 aliphatic rings. The zero-order valence-corrected chi connectivity index (χ0v) is 19.0. The van der Waals surface area contributed by atoms with Gasteiger partial charge in [-0.2, -0.15) is 0 Å². The van der Waals surface area contributed by atoms with Crippen molar-refractivity contribution in [1.29, 1.82) is 0 Å². The van der Waals surface area contributed by atoms with Crippen LogP contribution in [-0.2, 0) is 9.59 Å². The fourth-order valence-electron chi connectivity index (χ4n) is 4.23. The molecule has 0 aliphatic carbocycles. The standard InChI is InChI=1S/C25H27N3O5/c1-16(2)33-21-10-8-19(9-11-21)27-24(29)22(18-4-6-20(7-5-18)28(31)32)23(25(27)30)26-14-12-17(3)13-15-26/h4-11,16-17H,12-15H2,1-3H3. The Morgan fingerprint density at radius 3 is 2.12 bits per heavy atom. The number of amides is 2. The molecule has 8 heteroatoms. The minimum Gasteiger partial charge on any atom is -0.491 e. The molecule has 2 amide bonds. The minimum absolute atomic E-state index is 0.00871. The van der Waals surface area contributed by atoms with Gasteiger partial charge in [-0.15, -0.1) is 0 Å². The van der Waals surface area contributed by atoms with Gasteiger partial charge in [-0.05, 0) is 74.6 Å². The zero-order chi connectivity index (χ0) is 23.7. The number of nitrogens with zero attached hydrogens (tertiary/aromatic N) is 3. The number of likely N-dealkylation sites (tertiary alicyclic amines) is 1. The van der Waals surface area contributed by atoms with E-state index in [0.29, 0.717) is 41.7 Å². The topological polar surface area (TPSA) is 93.0 Å². The molecule has 8 nitrogen and oxygen atoms in total. The summed E-state index contributed by atoms with van der Waals surface area (Å²) in [5, 5.41) is 11.1. The number of hydrogen-bond donors (Lipinski definition) is 0. The van der Waals surface area contributed by atoms with Crippen LogP contribution in [0.25, 0.3) is 5.57 Å². The molecule has 2 aromatic rings. The van der Waals surface area contributed by atoms with E-state index in [1.165, 1.54) is 29.2 Å². The smallest absolute Gasteiger partial charge is 0.282 e. The monoisotopic (exact) mass is 449 g/mol.